The van der Waals surface area contributed by atoms with E-state index < -0.39 is 0 Å². The first-order chi connectivity index (χ1) is 6.31. The number of nitrogens with zero attached hydrogens (tertiary/aromatic N) is 1. The van der Waals surface area contributed by atoms with Crippen LogP contribution in [0.1, 0.15) is 0 Å². The number of hydrogen-bond donors (Lipinski definition) is 1. The predicted octanol–water partition coefficient (Wildman–Crippen LogP) is 1.95. The van der Waals surface area contributed by atoms with E-state index in [0.29, 0.717) is 6.73 Å². The highest BCUT2D eigenvalue weighted by Gasteiger charge is 2.00. The molecule has 1 aromatic heterocycles. The molecule has 0 spiro atoms. The van der Waals surface area contributed by atoms with Crippen LogP contribution in [0, 0.1) is 0 Å². The molecule has 13 heavy (non-hydrogen) atoms. The Morgan fingerprint density at radius 1 is 1.38 bits per heavy atom. The molecule has 0 aliphatic carbocycles. The molecule has 0 amide bonds. The molecule has 0 unspecified atom stereocenters. The van der Waals surface area contributed by atoms with Crippen LogP contribution >= 0.6 is 0 Å². The van der Waals surface area contributed by atoms with Crippen LogP contribution in [0.25, 0.3) is 10.9 Å². The number of rotatable bonds is 2. The average molecular weight is 177 g/mol. The zero-order valence-corrected chi connectivity index (χ0v) is 7.40. The van der Waals surface area contributed by atoms with E-state index in [1.165, 1.54) is 0 Å². The van der Waals surface area contributed by atoms with Crippen molar-refractivity contribution < 1.29 is 9.84 Å². The summed E-state index contributed by atoms with van der Waals surface area (Å²) in [7, 11) is 1.65. The summed E-state index contributed by atoms with van der Waals surface area (Å²) in [5.74, 6) is 0.281. The van der Waals surface area contributed by atoms with Crippen molar-refractivity contribution in [2.45, 2.75) is 6.73 Å². The molecule has 2 rings (SSSR count). The molecule has 1 aromatic carbocycles. The fourth-order valence-corrected chi connectivity index (χ4v) is 1.42. The fourth-order valence-electron chi connectivity index (χ4n) is 1.42. The van der Waals surface area contributed by atoms with Gasteiger partial charge < -0.3 is 14.4 Å². The quantitative estimate of drug-likeness (QED) is 0.760. The molecule has 3 nitrogen and oxygen atoms in total. The first kappa shape index (κ1) is 8.13. The van der Waals surface area contributed by atoms with Crippen molar-refractivity contribution in [2.24, 2.45) is 0 Å². The van der Waals surface area contributed by atoms with Gasteiger partial charge in [-0.3, -0.25) is 0 Å². The van der Waals surface area contributed by atoms with Gasteiger partial charge in [0.05, 0.1) is 5.52 Å². The van der Waals surface area contributed by atoms with Gasteiger partial charge in [0.15, 0.2) is 0 Å². The van der Waals surface area contributed by atoms with Gasteiger partial charge in [0.1, 0.15) is 12.5 Å². The van der Waals surface area contributed by atoms with E-state index in [9.17, 15) is 5.11 Å². The summed E-state index contributed by atoms with van der Waals surface area (Å²) in [6.45, 7) is 0.507. The number of fused-ring (bicyclic) bond motifs is 1. The molecule has 0 saturated carbocycles. The Hall–Kier alpha value is -1.48. The second-order valence-electron chi connectivity index (χ2n) is 2.95. The molecule has 68 valence electrons. The van der Waals surface area contributed by atoms with Crippen molar-refractivity contribution in [2.75, 3.05) is 7.11 Å². The molecule has 0 saturated heterocycles. The minimum absolute atomic E-state index is 0.281. The molecule has 0 bridgehead atoms. The van der Waals surface area contributed by atoms with Crippen LogP contribution in [0.3, 0.4) is 0 Å². The number of phenolic OH excluding ortho intramolecular Hbond substituents is 1. The van der Waals surface area contributed by atoms with Crippen molar-refractivity contribution in [3.8, 4) is 5.75 Å². The SMILES string of the molecule is COCn1ccc2ccc(O)cc21. The summed E-state index contributed by atoms with van der Waals surface area (Å²) in [4.78, 5) is 0. The van der Waals surface area contributed by atoms with Gasteiger partial charge in [-0.05, 0) is 23.6 Å². The molecule has 0 aliphatic rings. The maximum Gasteiger partial charge on any atom is 0.122 e. The Morgan fingerprint density at radius 3 is 3.00 bits per heavy atom. The zero-order valence-electron chi connectivity index (χ0n) is 7.40. The largest absolute Gasteiger partial charge is 0.508 e. The smallest absolute Gasteiger partial charge is 0.122 e. The average Bonchev–Trinajstić information content (AvgIpc) is 2.49. The number of aromatic hydroxyl groups is 1. The zero-order chi connectivity index (χ0) is 9.26. The molecular formula is C10H11NO2. The topological polar surface area (TPSA) is 34.4 Å². The minimum atomic E-state index is 0.281. The van der Waals surface area contributed by atoms with Crippen LogP contribution in [0.5, 0.6) is 5.75 Å². The van der Waals surface area contributed by atoms with E-state index in [0.717, 1.165) is 10.9 Å². The monoisotopic (exact) mass is 177 g/mol. The number of benzene rings is 1. The number of phenols is 1. The molecule has 0 fully saturated rings. The summed E-state index contributed by atoms with van der Waals surface area (Å²) in [5.41, 5.74) is 0.988. The maximum absolute atomic E-state index is 9.29. The van der Waals surface area contributed by atoms with Crippen molar-refractivity contribution in [3.63, 3.8) is 0 Å². The Labute approximate surface area is 76.2 Å². The Balaban J connectivity index is 2.58. The van der Waals surface area contributed by atoms with Crippen LogP contribution in [0.15, 0.2) is 30.5 Å². The van der Waals surface area contributed by atoms with Gasteiger partial charge in [0, 0.05) is 19.4 Å². The maximum atomic E-state index is 9.29. The van der Waals surface area contributed by atoms with E-state index >= 15 is 0 Å². The van der Waals surface area contributed by atoms with E-state index in [2.05, 4.69) is 0 Å². The lowest BCUT2D eigenvalue weighted by Gasteiger charge is -2.02. The van der Waals surface area contributed by atoms with Gasteiger partial charge in [-0.2, -0.15) is 0 Å². The number of ether oxygens (including phenoxy) is 1. The van der Waals surface area contributed by atoms with Crippen LogP contribution in [0.4, 0.5) is 0 Å². The molecule has 1 N–H and O–H groups in total. The van der Waals surface area contributed by atoms with Gasteiger partial charge in [0.2, 0.25) is 0 Å². The van der Waals surface area contributed by atoms with Gasteiger partial charge in [-0.15, -0.1) is 0 Å². The standard InChI is InChI=1S/C10H11NO2/c1-13-7-11-5-4-8-2-3-9(12)6-10(8)11/h2-6,12H,7H2,1H3. The Morgan fingerprint density at radius 2 is 2.23 bits per heavy atom. The highest BCUT2D eigenvalue weighted by atomic mass is 16.5. The lowest BCUT2D eigenvalue weighted by atomic mass is 10.2. The molecule has 1 heterocycles. The molecular weight excluding hydrogens is 166 g/mol. The Bertz CT molecular complexity index is 420. The predicted molar refractivity (Wildman–Crippen MR) is 50.6 cm³/mol. The second-order valence-corrected chi connectivity index (χ2v) is 2.95. The summed E-state index contributed by atoms with van der Waals surface area (Å²) in [6, 6.07) is 7.29. The van der Waals surface area contributed by atoms with E-state index in [-0.39, 0.29) is 5.75 Å². The van der Waals surface area contributed by atoms with Crippen molar-refractivity contribution in [1.82, 2.24) is 4.57 Å². The molecule has 3 heteroatoms. The highest BCUT2D eigenvalue weighted by Crippen LogP contribution is 2.20. The number of hydrogen-bond acceptors (Lipinski definition) is 2. The van der Waals surface area contributed by atoms with E-state index in [1.54, 1.807) is 19.2 Å². The van der Waals surface area contributed by atoms with Crippen LogP contribution in [-0.4, -0.2) is 16.8 Å². The van der Waals surface area contributed by atoms with Crippen molar-refractivity contribution in [3.05, 3.63) is 30.5 Å². The lowest BCUT2D eigenvalue weighted by molar-refractivity contribution is 0.135. The first-order valence-corrected chi connectivity index (χ1v) is 4.08. The molecule has 2 aromatic rings. The summed E-state index contributed by atoms with van der Waals surface area (Å²) in [6.07, 6.45) is 1.94. The van der Waals surface area contributed by atoms with Crippen molar-refractivity contribution >= 4 is 10.9 Å². The third-order valence-corrected chi connectivity index (χ3v) is 2.03. The highest BCUT2D eigenvalue weighted by molar-refractivity contribution is 5.81. The van der Waals surface area contributed by atoms with Gasteiger partial charge in [0.25, 0.3) is 0 Å². The summed E-state index contributed by atoms with van der Waals surface area (Å²) < 4.78 is 6.96. The van der Waals surface area contributed by atoms with E-state index in [4.69, 9.17) is 4.74 Å². The van der Waals surface area contributed by atoms with Gasteiger partial charge in [-0.25, -0.2) is 0 Å². The number of methoxy groups -OCH3 is 1. The summed E-state index contributed by atoms with van der Waals surface area (Å²) in [5, 5.41) is 10.4. The third kappa shape index (κ3) is 1.38. The van der Waals surface area contributed by atoms with Crippen molar-refractivity contribution in [1.29, 1.82) is 0 Å². The van der Waals surface area contributed by atoms with Crippen LogP contribution in [-0.2, 0) is 11.5 Å². The second kappa shape index (κ2) is 3.11. The Kier molecular flexibility index (Phi) is 1.94. The third-order valence-electron chi connectivity index (χ3n) is 2.03. The molecule has 0 radical (unpaired) electrons. The first-order valence-electron chi connectivity index (χ1n) is 4.08. The minimum Gasteiger partial charge on any atom is -0.508 e. The summed E-state index contributed by atoms with van der Waals surface area (Å²) >= 11 is 0. The normalized spacial score (nSPS) is 10.8. The lowest BCUT2D eigenvalue weighted by Crippen LogP contribution is -1.96. The number of aromatic nitrogens is 1. The molecule has 0 aliphatic heterocycles. The van der Waals surface area contributed by atoms with Crippen LogP contribution < -0.4 is 0 Å². The van der Waals surface area contributed by atoms with Gasteiger partial charge in [-0.1, -0.05) is 0 Å². The molecule has 0 atom stereocenters. The van der Waals surface area contributed by atoms with Gasteiger partial charge >= 0.3 is 0 Å². The van der Waals surface area contributed by atoms with E-state index in [1.807, 2.05) is 22.9 Å². The van der Waals surface area contributed by atoms with Crippen LogP contribution in [0.2, 0.25) is 0 Å². The fraction of sp³-hybridized carbons (Fsp3) is 0.200.